The molecule has 0 spiro atoms. The number of amides is 1. The van der Waals surface area contributed by atoms with E-state index in [1.165, 1.54) is 24.3 Å². The molecule has 3 aromatic heterocycles. The van der Waals surface area contributed by atoms with Gasteiger partial charge in [0.1, 0.15) is 27.1 Å². The number of benzene rings is 1. The van der Waals surface area contributed by atoms with E-state index in [0.717, 1.165) is 33.3 Å². The number of pyridine rings is 2. The van der Waals surface area contributed by atoms with Gasteiger partial charge in [-0.25, -0.2) is 22.3 Å². The molecule has 1 aliphatic rings. The molecule has 2 unspecified atom stereocenters. The summed E-state index contributed by atoms with van der Waals surface area (Å²) in [6, 6.07) is 12.9. The average molecular weight is 656 g/mol. The minimum atomic E-state index is -4.50. The first-order valence-corrected chi connectivity index (χ1v) is 15.1. The number of halogens is 6. The number of carbonyl (C=O) groups excluding carboxylic acids is 1. The van der Waals surface area contributed by atoms with Crippen LogP contribution in [0.4, 0.5) is 27.8 Å². The summed E-state index contributed by atoms with van der Waals surface area (Å²) < 4.78 is 82.7. The number of alkyl halides is 5. The second kappa shape index (κ2) is 12.6. The molecule has 4 aromatic rings. The summed E-state index contributed by atoms with van der Waals surface area (Å²) in [5.41, 5.74) is 1.28. The van der Waals surface area contributed by atoms with Gasteiger partial charge in [-0.05, 0) is 53.6 Å². The Bertz CT molecular complexity index is 1620. The first-order valence-electron chi connectivity index (χ1n) is 12.8. The summed E-state index contributed by atoms with van der Waals surface area (Å²) in [7, 11) is -2.02. The van der Waals surface area contributed by atoms with Crippen LogP contribution < -0.4 is 10.6 Å². The van der Waals surface area contributed by atoms with E-state index < -0.39 is 53.6 Å². The number of hydrogen-bond donors (Lipinski definition) is 2. The van der Waals surface area contributed by atoms with Crippen molar-refractivity contribution in [3.05, 3.63) is 94.1 Å². The Morgan fingerprint density at radius 3 is 2.51 bits per heavy atom. The van der Waals surface area contributed by atoms with Gasteiger partial charge in [-0.3, -0.25) is 9.78 Å². The van der Waals surface area contributed by atoms with Crippen molar-refractivity contribution >= 4 is 45.6 Å². The average Bonchev–Trinajstić information content (AvgIpc) is 3.56. The molecule has 0 radical (unpaired) electrons. The summed E-state index contributed by atoms with van der Waals surface area (Å²) in [5.74, 6) is -3.60. The van der Waals surface area contributed by atoms with Crippen molar-refractivity contribution in [1.82, 2.24) is 19.6 Å². The molecule has 2 atom stereocenters. The second-order valence-electron chi connectivity index (χ2n) is 9.71. The number of hydrogen-bond acceptors (Lipinski definition) is 6. The molecule has 226 valence electrons. The summed E-state index contributed by atoms with van der Waals surface area (Å²) in [6.45, 7) is -0.624. The minimum Gasteiger partial charge on any atom is -0.366 e. The highest BCUT2D eigenvalue weighted by molar-refractivity contribution is 7.85. The number of nitrogens with one attached hydrogen (secondary N) is 2. The van der Waals surface area contributed by atoms with Gasteiger partial charge in [0.15, 0.2) is 0 Å². The zero-order valence-corrected chi connectivity index (χ0v) is 24.5. The molecule has 2 N–H and O–H groups in total. The van der Waals surface area contributed by atoms with Crippen LogP contribution in [0.15, 0.2) is 77.3 Å². The fourth-order valence-electron chi connectivity index (χ4n) is 4.45. The molecule has 1 fully saturated rings. The highest BCUT2D eigenvalue weighted by Crippen LogP contribution is 2.37. The summed E-state index contributed by atoms with van der Waals surface area (Å²) in [5, 5.41) is 5.79. The van der Waals surface area contributed by atoms with Gasteiger partial charge in [0, 0.05) is 37.5 Å². The van der Waals surface area contributed by atoms with Gasteiger partial charge in [-0.2, -0.15) is 13.2 Å². The Balaban J connectivity index is 1.36. The van der Waals surface area contributed by atoms with Gasteiger partial charge < -0.3 is 10.6 Å². The lowest BCUT2D eigenvalue weighted by molar-refractivity contribution is -0.137. The zero-order chi connectivity index (χ0) is 30.8. The number of nitrogens with zero attached hydrogens (tertiary/aromatic N) is 3. The maximum absolute atomic E-state index is 14.4. The van der Waals surface area contributed by atoms with Crippen LogP contribution in [0.5, 0.6) is 0 Å². The third kappa shape index (κ3) is 7.74. The minimum absolute atomic E-state index is 0.107. The summed E-state index contributed by atoms with van der Waals surface area (Å²) in [6.07, 6.45) is -2.03. The van der Waals surface area contributed by atoms with E-state index in [4.69, 9.17) is 11.6 Å². The molecule has 4 heterocycles. The van der Waals surface area contributed by atoms with Gasteiger partial charge in [0.2, 0.25) is 5.91 Å². The second-order valence-corrected chi connectivity index (χ2v) is 13.1. The lowest BCUT2D eigenvalue weighted by atomic mass is 10.1. The van der Waals surface area contributed by atoms with Crippen LogP contribution in [-0.2, 0) is 35.0 Å². The monoisotopic (exact) mass is 655 g/mol. The third-order valence-electron chi connectivity index (χ3n) is 6.52. The van der Waals surface area contributed by atoms with Crippen molar-refractivity contribution in [3.63, 3.8) is 0 Å². The predicted molar refractivity (Wildman–Crippen MR) is 154 cm³/mol. The van der Waals surface area contributed by atoms with Gasteiger partial charge in [0.25, 0.3) is 5.92 Å². The van der Waals surface area contributed by atoms with Crippen molar-refractivity contribution in [3.8, 4) is 11.3 Å². The zero-order valence-electron chi connectivity index (χ0n) is 22.1. The highest BCUT2D eigenvalue weighted by atomic mass is 35.5. The molecule has 1 aromatic carbocycles. The molecule has 1 saturated heterocycles. The van der Waals surface area contributed by atoms with Gasteiger partial charge in [0.05, 0.1) is 22.1 Å². The maximum Gasteiger partial charge on any atom is 0.416 e. The molecular formula is C28H23ClF5N5O2S2. The van der Waals surface area contributed by atoms with E-state index in [1.54, 1.807) is 30.6 Å². The third-order valence-corrected chi connectivity index (χ3v) is 9.51. The fourth-order valence-corrected chi connectivity index (χ4v) is 7.33. The molecular weight excluding hydrogens is 633 g/mol. The molecule has 1 aliphatic heterocycles. The van der Waals surface area contributed by atoms with Crippen LogP contribution in [-0.4, -0.2) is 42.9 Å². The van der Waals surface area contributed by atoms with Crippen LogP contribution in [0.25, 0.3) is 11.3 Å². The molecule has 43 heavy (non-hydrogen) atoms. The predicted octanol–water partition coefficient (Wildman–Crippen LogP) is 6.54. The van der Waals surface area contributed by atoms with Crippen molar-refractivity contribution < 1.29 is 31.0 Å². The molecule has 5 rings (SSSR count). The van der Waals surface area contributed by atoms with Gasteiger partial charge >= 0.3 is 6.18 Å². The van der Waals surface area contributed by atoms with Crippen LogP contribution in [0, 0.1) is 0 Å². The van der Waals surface area contributed by atoms with Crippen molar-refractivity contribution in [2.75, 3.05) is 11.9 Å². The van der Waals surface area contributed by atoms with Crippen molar-refractivity contribution in [1.29, 1.82) is 0 Å². The Kier molecular flexibility index (Phi) is 9.11. The van der Waals surface area contributed by atoms with Crippen LogP contribution in [0.2, 0.25) is 4.34 Å². The fraction of sp³-hybridized carbons (Fsp3) is 0.250. The quantitative estimate of drug-likeness (QED) is 0.200. The van der Waals surface area contributed by atoms with E-state index in [1.807, 2.05) is 6.07 Å². The van der Waals surface area contributed by atoms with E-state index in [9.17, 15) is 31.0 Å². The molecule has 0 bridgehead atoms. The number of thiophene rings is 1. The molecule has 7 nitrogen and oxygen atoms in total. The smallest absolute Gasteiger partial charge is 0.366 e. The van der Waals surface area contributed by atoms with Crippen molar-refractivity contribution in [2.24, 2.45) is 0 Å². The van der Waals surface area contributed by atoms with Crippen LogP contribution in [0.1, 0.15) is 23.1 Å². The molecule has 0 saturated carbocycles. The number of rotatable bonds is 9. The maximum atomic E-state index is 14.4. The lowest BCUT2D eigenvalue weighted by Gasteiger charge is -2.21. The number of aromatic nitrogens is 2. The number of carbonyl (C=O) groups is 1. The Hall–Kier alpha value is -3.46. The van der Waals surface area contributed by atoms with E-state index in [0.29, 0.717) is 33.5 Å². The molecule has 15 heteroatoms. The van der Waals surface area contributed by atoms with Crippen LogP contribution in [0.3, 0.4) is 0 Å². The normalized spacial score (nSPS) is 17.5. The molecule has 1 amide bonds. The first kappa shape index (κ1) is 31.0. The number of anilines is 1. The van der Waals surface area contributed by atoms with E-state index in [-0.39, 0.29) is 10.8 Å². The van der Waals surface area contributed by atoms with Crippen molar-refractivity contribution in [2.45, 2.75) is 41.9 Å². The summed E-state index contributed by atoms with van der Waals surface area (Å²) >= 11 is 6.89. The Morgan fingerprint density at radius 2 is 1.86 bits per heavy atom. The van der Waals surface area contributed by atoms with Crippen LogP contribution >= 0.6 is 22.9 Å². The molecule has 0 aliphatic carbocycles. The summed E-state index contributed by atoms with van der Waals surface area (Å²) in [4.78, 5) is 21.7. The van der Waals surface area contributed by atoms with Gasteiger partial charge in [-0.1, -0.05) is 29.8 Å². The highest BCUT2D eigenvalue weighted by Gasteiger charge is 2.50. The van der Waals surface area contributed by atoms with Gasteiger partial charge in [-0.15, -0.1) is 11.3 Å². The largest absolute Gasteiger partial charge is 0.416 e. The standard InChI is InChI=1S/C28H23ClF5N5O2S2/c29-23-7-8-25(42-23)43(41)39-16-27(30,31)12-22(39)26(40)37-15-18-10-21(19-3-5-20(6-4-19)28(32,33)34)38-24(11-18)36-14-17-2-1-9-35-13-17/h1-11,13,22H,12,14-16H2,(H,36,38)(H,37,40). The lowest BCUT2D eigenvalue weighted by Crippen LogP contribution is -2.43. The Morgan fingerprint density at radius 1 is 1.09 bits per heavy atom. The Labute approximate surface area is 254 Å². The van der Waals surface area contributed by atoms with E-state index in [2.05, 4.69) is 20.6 Å². The first-order chi connectivity index (χ1) is 20.4. The SMILES string of the molecule is O=C(NCc1cc(NCc2cccnc2)nc(-c2ccc(C(F)(F)F)cc2)c1)C1CC(F)(F)CN1S(=O)c1ccc(Cl)s1. The van der Waals surface area contributed by atoms with E-state index >= 15 is 0 Å². The topological polar surface area (TPSA) is 87.2 Å².